The van der Waals surface area contributed by atoms with Crippen LogP contribution in [0.2, 0.25) is 0 Å². The van der Waals surface area contributed by atoms with Crippen LogP contribution in [0.25, 0.3) is 0 Å². The summed E-state index contributed by atoms with van der Waals surface area (Å²) < 4.78 is 31.3. The van der Waals surface area contributed by atoms with E-state index in [9.17, 15) is 28.8 Å². The molecule has 0 radical (unpaired) electrons. The van der Waals surface area contributed by atoms with Crippen LogP contribution >= 0.6 is 0 Å². The molecule has 294 valence electrons. The SMILES string of the molecule is C=CCOC(=O)C(=C)CCCCC(=O)OCc1cc(COC(=O)CCCCC(=C)C(=O)OCC=C)cc(COC(=O)CCCCC(=C)C(=O)OCC=C)c1. The lowest BCUT2D eigenvalue weighted by Crippen LogP contribution is -2.09. The van der Waals surface area contributed by atoms with Gasteiger partial charge in [-0.3, -0.25) is 14.4 Å². The first-order valence-electron chi connectivity index (χ1n) is 17.9. The van der Waals surface area contributed by atoms with Crippen LogP contribution in [-0.4, -0.2) is 55.6 Å². The van der Waals surface area contributed by atoms with Gasteiger partial charge in [0.2, 0.25) is 0 Å². The van der Waals surface area contributed by atoms with Gasteiger partial charge in [0.1, 0.15) is 39.6 Å². The predicted molar refractivity (Wildman–Crippen MR) is 202 cm³/mol. The molecule has 54 heavy (non-hydrogen) atoms. The van der Waals surface area contributed by atoms with Crippen LogP contribution in [0.5, 0.6) is 0 Å². The lowest BCUT2D eigenvalue weighted by atomic mass is 10.1. The van der Waals surface area contributed by atoms with Crippen LogP contribution < -0.4 is 0 Å². The van der Waals surface area contributed by atoms with E-state index in [0.717, 1.165) is 0 Å². The molecule has 0 aliphatic carbocycles. The molecule has 0 atom stereocenters. The van der Waals surface area contributed by atoms with Gasteiger partial charge in [0.05, 0.1) is 0 Å². The average Bonchev–Trinajstić information content (AvgIpc) is 3.16. The summed E-state index contributed by atoms with van der Waals surface area (Å²) in [5.41, 5.74) is 2.75. The largest absolute Gasteiger partial charge is 0.461 e. The maximum atomic E-state index is 12.5. The molecule has 1 rings (SSSR count). The highest BCUT2D eigenvalue weighted by molar-refractivity contribution is 5.88. The predicted octanol–water partition coefficient (Wildman–Crippen LogP) is 7.35. The van der Waals surface area contributed by atoms with Crippen LogP contribution in [0, 0.1) is 0 Å². The summed E-state index contributed by atoms with van der Waals surface area (Å²) >= 11 is 0. The van der Waals surface area contributed by atoms with E-state index >= 15 is 0 Å². The average molecular weight is 751 g/mol. The van der Waals surface area contributed by atoms with Gasteiger partial charge in [-0.2, -0.15) is 0 Å². The molecule has 0 bridgehead atoms. The van der Waals surface area contributed by atoms with E-state index in [-0.39, 0.29) is 58.9 Å². The van der Waals surface area contributed by atoms with Crippen molar-refractivity contribution >= 4 is 35.8 Å². The van der Waals surface area contributed by atoms with Gasteiger partial charge in [0, 0.05) is 36.0 Å². The lowest BCUT2D eigenvalue weighted by molar-refractivity contribution is -0.145. The summed E-state index contributed by atoms with van der Waals surface area (Å²) in [4.78, 5) is 72.9. The normalized spacial score (nSPS) is 10.2. The summed E-state index contributed by atoms with van der Waals surface area (Å²) in [6, 6.07) is 5.20. The standard InChI is InChI=1S/C42H54O12/c1-7-22-49-40(46)31(4)16-10-13-19-37(43)52-28-34-25-35(29-53-38(44)20-14-11-17-32(5)41(47)50-23-8-2)27-36(26-34)30-54-39(45)21-15-12-18-33(6)42(48)51-24-9-3/h7-9,25-27H,1-6,10-24,28-30H2. The molecule has 1 aromatic rings. The molecule has 0 fully saturated rings. The monoisotopic (exact) mass is 750 g/mol. The number of carbonyl (C=O) groups is 6. The first-order valence-corrected chi connectivity index (χ1v) is 17.9. The topological polar surface area (TPSA) is 158 Å². The second-order valence-electron chi connectivity index (χ2n) is 12.2. The Hall–Kier alpha value is -5.52. The quantitative estimate of drug-likeness (QED) is 0.0253. The molecule has 0 aliphatic rings. The summed E-state index contributed by atoms with van der Waals surface area (Å²) in [5, 5.41) is 0. The molecular weight excluding hydrogens is 696 g/mol. The van der Waals surface area contributed by atoms with Crippen molar-refractivity contribution < 1.29 is 57.2 Å². The van der Waals surface area contributed by atoms with Gasteiger partial charge in [-0.05, 0) is 92.7 Å². The number of carbonyl (C=O) groups excluding carboxylic acids is 6. The van der Waals surface area contributed by atoms with Crippen LogP contribution in [0.1, 0.15) is 93.7 Å². The number of benzene rings is 1. The third-order valence-corrected chi connectivity index (χ3v) is 7.50. The molecule has 0 N–H and O–H groups in total. The van der Waals surface area contributed by atoms with Crippen molar-refractivity contribution in [2.24, 2.45) is 0 Å². The zero-order valence-electron chi connectivity index (χ0n) is 31.3. The second-order valence-corrected chi connectivity index (χ2v) is 12.2. The minimum atomic E-state index is -0.500. The number of esters is 6. The Labute approximate surface area is 318 Å². The Kier molecular flexibility index (Phi) is 24.1. The zero-order valence-corrected chi connectivity index (χ0v) is 31.3. The van der Waals surface area contributed by atoms with Gasteiger partial charge in [-0.25, -0.2) is 14.4 Å². The fraction of sp³-hybridized carbons (Fsp3) is 0.429. The summed E-state index contributed by atoms with van der Waals surface area (Å²) in [5.74, 6) is -2.81. The maximum absolute atomic E-state index is 12.5. The molecule has 0 amide bonds. The molecule has 0 saturated heterocycles. The van der Waals surface area contributed by atoms with E-state index in [4.69, 9.17) is 28.4 Å². The van der Waals surface area contributed by atoms with Gasteiger partial charge >= 0.3 is 35.8 Å². The highest BCUT2D eigenvalue weighted by Crippen LogP contribution is 2.17. The molecule has 12 nitrogen and oxygen atoms in total. The van der Waals surface area contributed by atoms with Crippen LogP contribution in [0.3, 0.4) is 0 Å². The molecule has 0 heterocycles. The lowest BCUT2D eigenvalue weighted by Gasteiger charge is -2.12. The van der Waals surface area contributed by atoms with Gasteiger partial charge in [-0.1, -0.05) is 57.7 Å². The first-order chi connectivity index (χ1) is 25.9. The molecule has 0 saturated carbocycles. The number of hydrogen-bond donors (Lipinski definition) is 0. The van der Waals surface area contributed by atoms with Crippen molar-refractivity contribution in [2.45, 2.75) is 96.9 Å². The summed E-state index contributed by atoms with van der Waals surface area (Å²) in [7, 11) is 0. The van der Waals surface area contributed by atoms with Crippen LogP contribution in [-0.2, 0) is 77.0 Å². The fourth-order valence-corrected chi connectivity index (χ4v) is 4.64. The highest BCUT2D eigenvalue weighted by atomic mass is 16.6. The van der Waals surface area contributed by atoms with Gasteiger partial charge in [-0.15, -0.1) is 0 Å². The van der Waals surface area contributed by atoms with Crippen molar-refractivity contribution in [2.75, 3.05) is 19.8 Å². The van der Waals surface area contributed by atoms with Crippen molar-refractivity contribution in [3.63, 3.8) is 0 Å². The van der Waals surface area contributed by atoms with Crippen molar-refractivity contribution in [3.05, 3.63) is 109 Å². The van der Waals surface area contributed by atoms with E-state index in [2.05, 4.69) is 39.5 Å². The maximum Gasteiger partial charge on any atom is 0.333 e. The second kappa shape index (κ2) is 28.0. The third-order valence-electron chi connectivity index (χ3n) is 7.50. The summed E-state index contributed by atoms with van der Waals surface area (Å²) in [6.45, 7) is 21.7. The number of ether oxygens (including phenoxy) is 6. The van der Waals surface area contributed by atoms with Crippen LogP contribution in [0.4, 0.5) is 0 Å². The van der Waals surface area contributed by atoms with Gasteiger partial charge < -0.3 is 28.4 Å². The van der Waals surface area contributed by atoms with E-state index in [1.165, 1.54) is 18.2 Å². The number of unbranched alkanes of at least 4 members (excludes halogenated alkanes) is 3. The van der Waals surface area contributed by atoms with E-state index in [1.54, 1.807) is 18.2 Å². The Bertz CT molecular complexity index is 1310. The Morgan fingerprint density at radius 2 is 0.648 bits per heavy atom. The van der Waals surface area contributed by atoms with Gasteiger partial charge in [0.25, 0.3) is 0 Å². The first kappa shape index (κ1) is 46.5. The van der Waals surface area contributed by atoms with E-state index in [1.807, 2.05) is 0 Å². The fourth-order valence-electron chi connectivity index (χ4n) is 4.64. The third kappa shape index (κ3) is 21.8. The molecule has 0 aromatic heterocycles. The molecule has 0 unspecified atom stereocenters. The molecule has 0 aliphatic heterocycles. The zero-order chi connectivity index (χ0) is 40.1. The Morgan fingerprint density at radius 3 is 0.889 bits per heavy atom. The number of hydrogen-bond acceptors (Lipinski definition) is 12. The number of rotatable bonds is 30. The van der Waals surface area contributed by atoms with Crippen molar-refractivity contribution in [1.29, 1.82) is 0 Å². The minimum Gasteiger partial charge on any atom is -0.461 e. The molecule has 0 spiro atoms. The van der Waals surface area contributed by atoms with E-state index < -0.39 is 35.8 Å². The van der Waals surface area contributed by atoms with E-state index in [0.29, 0.717) is 91.2 Å². The summed E-state index contributed by atoms with van der Waals surface area (Å²) in [6.07, 6.45) is 8.99. The molecule has 1 aromatic carbocycles. The van der Waals surface area contributed by atoms with Crippen LogP contribution in [0.15, 0.2) is 92.6 Å². The molecular formula is C42H54O12. The van der Waals surface area contributed by atoms with Crippen molar-refractivity contribution in [3.8, 4) is 0 Å². The molecule has 12 heteroatoms. The Balaban J connectivity index is 2.73. The Morgan fingerprint density at radius 1 is 0.407 bits per heavy atom. The highest BCUT2D eigenvalue weighted by Gasteiger charge is 2.13. The van der Waals surface area contributed by atoms with Gasteiger partial charge in [0.15, 0.2) is 0 Å². The minimum absolute atomic E-state index is 0.0691. The smallest absolute Gasteiger partial charge is 0.333 e. The van der Waals surface area contributed by atoms with Crippen molar-refractivity contribution in [1.82, 2.24) is 0 Å².